The summed E-state index contributed by atoms with van der Waals surface area (Å²) in [6.07, 6.45) is 1.89. The summed E-state index contributed by atoms with van der Waals surface area (Å²) < 4.78 is 29.1. The number of rotatable bonds is 4. The van der Waals surface area contributed by atoms with Crippen molar-refractivity contribution >= 4 is 26.4 Å². The third kappa shape index (κ3) is 2.29. The Morgan fingerprint density at radius 1 is 1.45 bits per heavy atom. The van der Waals surface area contributed by atoms with Crippen LogP contribution in [-0.2, 0) is 21.0 Å². The van der Waals surface area contributed by atoms with Gasteiger partial charge in [-0.1, -0.05) is 0 Å². The monoisotopic (exact) mass is 318 g/mol. The van der Waals surface area contributed by atoms with E-state index in [1.807, 2.05) is 0 Å². The number of nitrogens with one attached hydrogen (secondary N) is 2. The highest BCUT2D eigenvalue weighted by molar-refractivity contribution is 7.91. The van der Waals surface area contributed by atoms with Gasteiger partial charge in [-0.15, -0.1) is 0 Å². The lowest BCUT2D eigenvalue weighted by Gasteiger charge is -2.14. The van der Waals surface area contributed by atoms with Crippen molar-refractivity contribution in [3.63, 3.8) is 0 Å². The van der Waals surface area contributed by atoms with Crippen LogP contribution in [0.15, 0.2) is 23.2 Å². The van der Waals surface area contributed by atoms with Crippen molar-refractivity contribution in [1.29, 1.82) is 5.26 Å². The molecule has 0 fully saturated rings. The first-order valence-corrected chi connectivity index (χ1v) is 8.29. The Labute approximate surface area is 127 Å². The number of fused-ring (bicyclic) bond motifs is 3. The van der Waals surface area contributed by atoms with E-state index in [-0.39, 0.29) is 12.5 Å². The molecule has 0 atom stereocenters. The molecular formula is C14H14N4O3S. The molecule has 0 saturated carbocycles. The minimum Gasteiger partial charge on any atom is -0.368 e. The Bertz CT molecular complexity index is 887. The van der Waals surface area contributed by atoms with Gasteiger partial charge in [-0.25, -0.2) is 13.8 Å². The molecule has 1 aliphatic heterocycles. The number of sulfone groups is 1. The molecule has 0 bridgehead atoms. The molecule has 0 amide bonds. The first-order chi connectivity index (χ1) is 10.6. The van der Waals surface area contributed by atoms with Crippen molar-refractivity contribution in [2.24, 2.45) is 0 Å². The van der Waals surface area contributed by atoms with E-state index in [0.717, 1.165) is 0 Å². The molecule has 1 aliphatic rings. The smallest absolute Gasteiger partial charge is 0.179 e. The van der Waals surface area contributed by atoms with Crippen molar-refractivity contribution in [3.05, 3.63) is 29.5 Å². The van der Waals surface area contributed by atoms with E-state index in [2.05, 4.69) is 21.9 Å². The number of anilines is 1. The summed E-state index contributed by atoms with van der Waals surface area (Å²) in [5, 5.41) is 9.95. The van der Waals surface area contributed by atoms with Gasteiger partial charge in [0.05, 0.1) is 27.4 Å². The number of ether oxygens (including phenoxy) is 1. The van der Waals surface area contributed by atoms with Crippen LogP contribution in [0, 0.1) is 11.3 Å². The second kappa shape index (κ2) is 5.53. The summed E-state index contributed by atoms with van der Waals surface area (Å²) in [5.74, 6) is 0.0865. The lowest BCUT2D eigenvalue weighted by atomic mass is 10.0. The van der Waals surface area contributed by atoms with Gasteiger partial charge in [0.15, 0.2) is 9.84 Å². The van der Waals surface area contributed by atoms with E-state index in [1.165, 1.54) is 13.3 Å². The third-order valence-corrected chi connectivity index (χ3v) is 5.40. The van der Waals surface area contributed by atoms with Gasteiger partial charge in [-0.3, -0.25) is 4.98 Å². The van der Waals surface area contributed by atoms with Crippen molar-refractivity contribution in [2.45, 2.75) is 11.3 Å². The second-order valence-corrected chi connectivity index (χ2v) is 6.98. The molecule has 3 rings (SSSR count). The first-order valence-electron chi connectivity index (χ1n) is 6.63. The minimum absolute atomic E-state index is 0.0865. The Balaban J connectivity index is 2.26. The number of pyridine rings is 1. The number of nitriles is 1. The van der Waals surface area contributed by atoms with Gasteiger partial charge in [0.2, 0.25) is 0 Å². The van der Waals surface area contributed by atoms with Crippen LogP contribution in [0.25, 0.3) is 10.9 Å². The van der Waals surface area contributed by atoms with Gasteiger partial charge in [-0.05, 0) is 24.1 Å². The molecule has 114 valence electrons. The van der Waals surface area contributed by atoms with Crippen LogP contribution in [0.1, 0.15) is 11.1 Å². The summed E-state index contributed by atoms with van der Waals surface area (Å²) in [7, 11) is -1.71. The quantitative estimate of drug-likeness (QED) is 0.491. The maximum atomic E-state index is 12.1. The first kappa shape index (κ1) is 14.7. The summed E-state index contributed by atoms with van der Waals surface area (Å²) >= 11 is 0. The molecule has 22 heavy (non-hydrogen) atoms. The van der Waals surface area contributed by atoms with Gasteiger partial charge in [0.25, 0.3) is 0 Å². The van der Waals surface area contributed by atoms with Crippen molar-refractivity contribution < 1.29 is 13.2 Å². The molecule has 0 saturated heterocycles. The van der Waals surface area contributed by atoms with Gasteiger partial charge >= 0.3 is 0 Å². The summed E-state index contributed by atoms with van der Waals surface area (Å²) in [6, 6.07) is 5.33. The fourth-order valence-corrected chi connectivity index (χ4v) is 4.18. The van der Waals surface area contributed by atoms with Gasteiger partial charge in [0, 0.05) is 18.7 Å². The Kier molecular flexibility index (Phi) is 3.70. The zero-order valence-corrected chi connectivity index (χ0v) is 12.7. The topological polar surface area (TPSA) is 104 Å². The lowest BCUT2D eigenvalue weighted by Crippen LogP contribution is -2.24. The van der Waals surface area contributed by atoms with Crippen LogP contribution in [0.3, 0.4) is 0 Å². The zero-order chi connectivity index (χ0) is 15.7. The Morgan fingerprint density at radius 2 is 2.27 bits per heavy atom. The molecule has 0 spiro atoms. The van der Waals surface area contributed by atoms with E-state index < -0.39 is 9.84 Å². The average molecular weight is 318 g/mol. The molecule has 7 nitrogen and oxygen atoms in total. The van der Waals surface area contributed by atoms with E-state index in [9.17, 15) is 13.7 Å². The number of aryl methyl sites for hydroxylation is 1. The highest BCUT2D eigenvalue weighted by atomic mass is 32.2. The lowest BCUT2D eigenvalue weighted by molar-refractivity contribution is 0.182. The molecular weight excluding hydrogens is 304 g/mol. The van der Waals surface area contributed by atoms with Crippen LogP contribution in [0.4, 0.5) is 5.69 Å². The highest BCUT2D eigenvalue weighted by Crippen LogP contribution is 2.36. The molecule has 0 aliphatic carbocycles. The Morgan fingerprint density at radius 3 is 3.00 bits per heavy atom. The Hall–Kier alpha value is -2.21. The zero-order valence-electron chi connectivity index (χ0n) is 11.9. The van der Waals surface area contributed by atoms with Crippen LogP contribution in [0.2, 0.25) is 0 Å². The highest BCUT2D eigenvalue weighted by Gasteiger charge is 2.29. The molecule has 2 heterocycles. The number of hydrogen-bond acceptors (Lipinski definition) is 7. The number of nitrogens with zero attached hydrogens (tertiary/aromatic N) is 2. The second-order valence-electron chi connectivity index (χ2n) is 4.90. The predicted octanol–water partition coefficient (Wildman–Crippen LogP) is 0.957. The fraction of sp³-hybridized carbons (Fsp3) is 0.286. The fourth-order valence-electron chi connectivity index (χ4n) is 2.63. The average Bonchev–Trinajstić information content (AvgIpc) is 2.83. The van der Waals surface area contributed by atoms with E-state index in [1.54, 1.807) is 12.1 Å². The summed E-state index contributed by atoms with van der Waals surface area (Å²) in [6.45, 7) is 0.238. The number of hydrogen-bond donors (Lipinski definition) is 2. The third-order valence-electron chi connectivity index (χ3n) is 3.61. The van der Waals surface area contributed by atoms with Crippen molar-refractivity contribution in [1.82, 2.24) is 10.4 Å². The molecule has 0 radical (unpaired) electrons. The normalized spacial score (nSPS) is 15.5. The van der Waals surface area contributed by atoms with Crippen molar-refractivity contribution in [2.75, 3.05) is 25.0 Å². The predicted molar refractivity (Wildman–Crippen MR) is 80.8 cm³/mol. The van der Waals surface area contributed by atoms with Gasteiger partial charge in [-0.2, -0.15) is 5.26 Å². The van der Waals surface area contributed by atoms with E-state index >= 15 is 0 Å². The summed E-state index contributed by atoms with van der Waals surface area (Å²) in [4.78, 5) is 4.58. The molecule has 8 heteroatoms. The molecule has 1 aromatic heterocycles. The maximum absolute atomic E-state index is 12.1. The molecule has 0 unspecified atom stereocenters. The molecule has 2 N–H and O–H groups in total. The molecule has 2 aromatic rings. The van der Waals surface area contributed by atoms with E-state index in [4.69, 9.17) is 4.74 Å². The van der Waals surface area contributed by atoms with Crippen LogP contribution in [0.5, 0.6) is 0 Å². The standard InChI is InChI=1S/C14H14N4O3S/c1-21-8-17-18-14-9(6-15)7-16-11-2-3-12-10(13(11)14)4-5-22(12,19)20/h2-3,7,17H,4-5,8H2,1H3,(H,16,18). The van der Waals surface area contributed by atoms with E-state index in [0.29, 0.717) is 39.0 Å². The van der Waals surface area contributed by atoms with Crippen LogP contribution in [-0.4, -0.2) is 33.0 Å². The summed E-state index contributed by atoms with van der Waals surface area (Å²) in [5.41, 5.74) is 7.99. The van der Waals surface area contributed by atoms with Gasteiger partial charge < -0.3 is 10.2 Å². The van der Waals surface area contributed by atoms with Crippen molar-refractivity contribution in [3.8, 4) is 6.07 Å². The van der Waals surface area contributed by atoms with Crippen LogP contribution >= 0.6 is 0 Å². The number of aromatic nitrogens is 1. The number of methoxy groups -OCH3 is 1. The number of benzene rings is 1. The van der Waals surface area contributed by atoms with Gasteiger partial charge in [0.1, 0.15) is 12.8 Å². The minimum atomic E-state index is -3.24. The number of hydrazine groups is 1. The molecule has 1 aromatic carbocycles. The SMILES string of the molecule is COCNNc1c(C#N)cnc2ccc3c(c12)CCS3(=O)=O. The van der Waals surface area contributed by atoms with Crippen LogP contribution < -0.4 is 10.9 Å². The maximum Gasteiger partial charge on any atom is 0.179 e. The largest absolute Gasteiger partial charge is 0.368 e.